The average molecular weight is 298 g/mol. The van der Waals surface area contributed by atoms with Gasteiger partial charge >= 0.3 is 0 Å². The van der Waals surface area contributed by atoms with E-state index in [9.17, 15) is 9.59 Å². The quantitative estimate of drug-likeness (QED) is 0.811. The molecule has 1 N–H and O–H groups in total. The molecule has 0 radical (unpaired) electrons. The van der Waals surface area contributed by atoms with E-state index in [1.165, 1.54) is 0 Å². The van der Waals surface area contributed by atoms with E-state index < -0.39 is 11.6 Å². The molecule has 1 saturated heterocycles. The zero-order valence-electron chi connectivity index (χ0n) is 13.2. The van der Waals surface area contributed by atoms with Gasteiger partial charge in [0.15, 0.2) is 0 Å². The number of piperazine rings is 1. The van der Waals surface area contributed by atoms with Crippen molar-refractivity contribution in [2.24, 2.45) is 0 Å². The van der Waals surface area contributed by atoms with Crippen molar-refractivity contribution < 1.29 is 19.1 Å². The van der Waals surface area contributed by atoms with Gasteiger partial charge in [-0.2, -0.15) is 0 Å². The summed E-state index contributed by atoms with van der Waals surface area (Å²) in [6.45, 7) is 2.56. The molecule has 1 spiro atoms. The van der Waals surface area contributed by atoms with Crippen LogP contribution in [0.15, 0.2) is 0 Å². The summed E-state index contributed by atoms with van der Waals surface area (Å²) in [6.07, 6.45) is 4.36. The first kappa shape index (κ1) is 16.2. The van der Waals surface area contributed by atoms with Crippen LogP contribution in [0.3, 0.4) is 0 Å². The molecule has 21 heavy (non-hydrogen) atoms. The second-order valence-corrected chi connectivity index (χ2v) is 6.08. The molecule has 0 aromatic carbocycles. The highest BCUT2D eigenvalue weighted by Crippen LogP contribution is 2.33. The number of rotatable bonds is 5. The average Bonchev–Trinajstić information content (AvgIpc) is 2.49. The summed E-state index contributed by atoms with van der Waals surface area (Å²) in [6, 6.07) is -0.459. The number of methoxy groups -OCH3 is 2. The number of hydrogen-bond donors (Lipinski definition) is 1. The maximum Gasteiger partial charge on any atom is 0.249 e. The smallest absolute Gasteiger partial charge is 0.249 e. The van der Waals surface area contributed by atoms with Crippen LogP contribution in [0, 0.1) is 0 Å². The SMILES string of the molecule is COCC(CN1C(=O)C2(CCCCC2)NC(=O)C1C)OC. The van der Waals surface area contributed by atoms with Gasteiger partial charge in [-0.3, -0.25) is 9.59 Å². The second-order valence-electron chi connectivity index (χ2n) is 6.08. The molecule has 2 aliphatic rings. The molecule has 2 amide bonds. The van der Waals surface area contributed by atoms with Crippen molar-refractivity contribution in [1.82, 2.24) is 10.2 Å². The highest BCUT2D eigenvalue weighted by atomic mass is 16.5. The molecule has 120 valence electrons. The van der Waals surface area contributed by atoms with E-state index >= 15 is 0 Å². The van der Waals surface area contributed by atoms with Gasteiger partial charge in [-0.1, -0.05) is 19.3 Å². The number of nitrogens with zero attached hydrogens (tertiary/aromatic N) is 1. The lowest BCUT2D eigenvalue weighted by Gasteiger charge is -2.47. The third-order valence-corrected chi connectivity index (χ3v) is 4.67. The topological polar surface area (TPSA) is 67.9 Å². The van der Waals surface area contributed by atoms with E-state index in [1.54, 1.807) is 26.0 Å². The normalized spacial score (nSPS) is 26.8. The minimum Gasteiger partial charge on any atom is -0.382 e. The Hall–Kier alpha value is -1.14. The van der Waals surface area contributed by atoms with E-state index in [-0.39, 0.29) is 17.9 Å². The standard InChI is InChI=1S/C15H26N2O4/c1-11-13(18)16-15(7-5-4-6-8-15)14(19)17(11)9-12(21-3)10-20-2/h11-12H,4-10H2,1-3H3,(H,16,18). The molecule has 6 nitrogen and oxygen atoms in total. The lowest BCUT2D eigenvalue weighted by atomic mass is 9.78. The van der Waals surface area contributed by atoms with Crippen molar-refractivity contribution >= 4 is 11.8 Å². The van der Waals surface area contributed by atoms with Gasteiger partial charge in [0.2, 0.25) is 11.8 Å². The molecule has 6 heteroatoms. The Morgan fingerprint density at radius 1 is 1.29 bits per heavy atom. The first-order valence-electron chi connectivity index (χ1n) is 7.69. The Balaban J connectivity index is 2.17. The number of carbonyl (C=O) groups excluding carboxylic acids is 2. The number of carbonyl (C=O) groups is 2. The minimum atomic E-state index is -0.687. The zero-order valence-corrected chi connectivity index (χ0v) is 13.2. The fourth-order valence-electron chi connectivity index (χ4n) is 3.32. The molecule has 2 unspecified atom stereocenters. The predicted octanol–water partition coefficient (Wildman–Crippen LogP) is 0.698. The molecule has 0 aromatic rings. The van der Waals surface area contributed by atoms with Gasteiger partial charge in [-0.05, 0) is 19.8 Å². The molecule has 1 aliphatic carbocycles. The van der Waals surface area contributed by atoms with Crippen molar-refractivity contribution in [3.8, 4) is 0 Å². The van der Waals surface area contributed by atoms with Crippen LogP contribution in [0.1, 0.15) is 39.0 Å². The van der Waals surface area contributed by atoms with Crippen molar-refractivity contribution in [1.29, 1.82) is 0 Å². The van der Waals surface area contributed by atoms with E-state index in [0.717, 1.165) is 32.1 Å². The molecule has 2 rings (SSSR count). The monoisotopic (exact) mass is 298 g/mol. The van der Waals surface area contributed by atoms with Gasteiger partial charge in [-0.15, -0.1) is 0 Å². The Morgan fingerprint density at radius 2 is 1.95 bits per heavy atom. The second kappa shape index (κ2) is 6.75. The predicted molar refractivity (Wildman–Crippen MR) is 77.8 cm³/mol. The summed E-state index contributed by atoms with van der Waals surface area (Å²) in [7, 11) is 3.20. The van der Waals surface area contributed by atoms with Crippen molar-refractivity contribution in [2.45, 2.75) is 56.7 Å². The maximum absolute atomic E-state index is 12.9. The fraction of sp³-hybridized carbons (Fsp3) is 0.867. The Labute approximate surface area is 126 Å². The van der Waals surface area contributed by atoms with Gasteiger partial charge in [0.25, 0.3) is 0 Å². The molecule has 1 heterocycles. The summed E-state index contributed by atoms with van der Waals surface area (Å²) < 4.78 is 10.5. The number of ether oxygens (including phenoxy) is 2. The number of nitrogens with one attached hydrogen (secondary N) is 1. The van der Waals surface area contributed by atoms with Crippen LogP contribution in [-0.2, 0) is 19.1 Å². The molecule has 1 aliphatic heterocycles. The number of amides is 2. The summed E-state index contributed by atoms with van der Waals surface area (Å²) in [5.41, 5.74) is -0.687. The van der Waals surface area contributed by atoms with Crippen LogP contribution >= 0.6 is 0 Å². The Kier molecular flexibility index (Phi) is 5.22. The molecular formula is C15H26N2O4. The Bertz CT molecular complexity index is 393. The largest absolute Gasteiger partial charge is 0.382 e. The van der Waals surface area contributed by atoms with Crippen LogP contribution in [0.2, 0.25) is 0 Å². The zero-order chi connectivity index (χ0) is 15.5. The van der Waals surface area contributed by atoms with Crippen molar-refractivity contribution in [3.63, 3.8) is 0 Å². The van der Waals surface area contributed by atoms with Crippen LogP contribution in [-0.4, -0.2) is 61.8 Å². The molecule has 2 fully saturated rings. The summed E-state index contributed by atoms with van der Waals surface area (Å²) in [4.78, 5) is 26.9. The molecular weight excluding hydrogens is 272 g/mol. The van der Waals surface area contributed by atoms with Crippen molar-refractivity contribution in [2.75, 3.05) is 27.4 Å². The first-order chi connectivity index (χ1) is 10.0. The summed E-state index contributed by atoms with van der Waals surface area (Å²) in [5, 5.41) is 2.98. The van der Waals surface area contributed by atoms with Crippen LogP contribution in [0.4, 0.5) is 0 Å². The van der Waals surface area contributed by atoms with E-state index in [0.29, 0.717) is 13.2 Å². The highest BCUT2D eigenvalue weighted by molar-refractivity contribution is 5.99. The third kappa shape index (κ3) is 3.21. The van der Waals surface area contributed by atoms with Gasteiger partial charge in [-0.25, -0.2) is 0 Å². The van der Waals surface area contributed by atoms with Gasteiger partial charge in [0.1, 0.15) is 11.6 Å². The maximum atomic E-state index is 12.9. The van der Waals surface area contributed by atoms with Crippen LogP contribution in [0.25, 0.3) is 0 Å². The fourth-order valence-corrected chi connectivity index (χ4v) is 3.32. The first-order valence-corrected chi connectivity index (χ1v) is 7.69. The van der Waals surface area contributed by atoms with Gasteiger partial charge in [0.05, 0.1) is 19.3 Å². The molecule has 0 bridgehead atoms. The molecule has 2 atom stereocenters. The minimum absolute atomic E-state index is 0.0347. The van der Waals surface area contributed by atoms with Gasteiger partial charge < -0.3 is 19.7 Å². The third-order valence-electron chi connectivity index (χ3n) is 4.67. The summed E-state index contributed by atoms with van der Waals surface area (Å²) in [5.74, 6) is -0.0313. The van der Waals surface area contributed by atoms with Crippen LogP contribution < -0.4 is 5.32 Å². The van der Waals surface area contributed by atoms with E-state index in [1.807, 2.05) is 0 Å². The molecule has 1 saturated carbocycles. The van der Waals surface area contributed by atoms with Crippen molar-refractivity contribution in [3.05, 3.63) is 0 Å². The van der Waals surface area contributed by atoms with E-state index in [4.69, 9.17) is 9.47 Å². The lowest BCUT2D eigenvalue weighted by molar-refractivity contribution is -0.158. The highest BCUT2D eigenvalue weighted by Gasteiger charge is 2.50. The number of hydrogen-bond acceptors (Lipinski definition) is 4. The summed E-state index contributed by atoms with van der Waals surface area (Å²) >= 11 is 0. The van der Waals surface area contributed by atoms with Crippen LogP contribution in [0.5, 0.6) is 0 Å². The Morgan fingerprint density at radius 3 is 2.52 bits per heavy atom. The lowest BCUT2D eigenvalue weighted by Crippen LogP contribution is -2.71. The van der Waals surface area contributed by atoms with E-state index in [2.05, 4.69) is 5.32 Å². The molecule has 0 aromatic heterocycles. The van der Waals surface area contributed by atoms with Gasteiger partial charge in [0, 0.05) is 14.2 Å².